The average Bonchev–Trinajstić information content (AvgIpc) is 2.84. The van der Waals surface area contributed by atoms with Crippen molar-refractivity contribution < 1.29 is 24.1 Å². The van der Waals surface area contributed by atoms with Crippen molar-refractivity contribution in [2.45, 2.75) is 26.0 Å². The molecule has 1 unspecified atom stereocenters. The predicted octanol–water partition coefficient (Wildman–Crippen LogP) is 3.53. The summed E-state index contributed by atoms with van der Waals surface area (Å²) in [6.45, 7) is 4.80. The molecular formula is C24H36IN3O5. The van der Waals surface area contributed by atoms with Crippen LogP contribution in [0.15, 0.2) is 47.5 Å². The number of halogens is 1. The molecule has 0 amide bonds. The van der Waals surface area contributed by atoms with Gasteiger partial charge < -0.3 is 34.7 Å². The van der Waals surface area contributed by atoms with Gasteiger partial charge in [-0.15, -0.1) is 24.0 Å². The molecule has 0 aliphatic rings. The fraction of sp³-hybridized carbons (Fsp3) is 0.458. The highest BCUT2D eigenvalue weighted by molar-refractivity contribution is 14.0. The van der Waals surface area contributed by atoms with Crippen molar-refractivity contribution in [2.24, 2.45) is 4.99 Å². The molecule has 2 rings (SSSR count). The van der Waals surface area contributed by atoms with E-state index in [2.05, 4.69) is 15.6 Å². The van der Waals surface area contributed by atoms with E-state index in [0.717, 1.165) is 17.7 Å². The van der Waals surface area contributed by atoms with Crippen LogP contribution < -0.4 is 24.8 Å². The minimum absolute atomic E-state index is 0. The molecule has 2 aromatic rings. The van der Waals surface area contributed by atoms with Gasteiger partial charge in [0, 0.05) is 31.9 Å². The number of aliphatic hydroxyl groups is 1. The van der Waals surface area contributed by atoms with Crippen LogP contribution in [-0.4, -0.2) is 58.7 Å². The molecule has 0 aromatic heterocycles. The number of aliphatic imine (C=N–C) groups is 1. The Kier molecular flexibility index (Phi) is 14.3. The molecule has 0 fully saturated rings. The Morgan fingerprint density at radius 3 is 2.30 bits per heavy atom. The van der Waals surface area contributed by atoms with E-state index in [0.29, 0.717) is 49.3 Å². The molecule has 0 saturated heterocycles. The van der Waals surface area contributed by atoms with Crippen molar-refractivity contribution in [1.29, 1.82) is 0 Å². The van der Waals surface area contributed by atoms with E-state index in [-0.39, 0.29) is 30.5 Å². The molecule has 0 spiro atoms. The van der Waals surface area contributed by atoms with Gasteiger partial charge in [-0.05, 0) is 49.2 Å². The molecule has 0 radical (unpaired) electrons. The number of nitrogens with one attached hydrogen (secondary N) is 2. The molecular weight excluding hydrogens is 537 g/mol. The molecule has 0 aliphatic carbocycles. The van der Waals surface area contributed by atoms with Crippen LogP contribution in [0, 0.1) is 0 Å². The highest BCUT2D eigenvalue weighted by atomic mass is 127. The fourth-order valence-electron chi connectivity index (χ4n) is 3.00. The van der Waals surface area contributed by atoms with Crippen LogP contribution in [-0.2, 0) is 11.3 Å². The Morgan fingerprint density at radius 2 is 1.67 bits per heavy atom. The van der Waals surface area contributed by atoms with Crippen LogP contribution in [0.25, 0.3) is 0 Å². The summed E-state index contributed by atoms with van der Waals surface area (Å²) in [5, 5.41) is 17.3. The second-order valence-electron chi connectivity index (χ2n) is 6.99. The first kappa shape index (κ1) is 28.8. The monoisotopic (exact) mass is 573 g/mol. The van der Waals surface area contributed by atoms with Gasteiger partial charge in [-0.3, -0.25) is 0 Å². The number of aliphatic hydroxyl groups excluding tert-OH is 1. The average molecular weight is 573 g/mol. The number of hydrogen-bond donors (Lipinski definition) is 3. The Hall–Kier alpha value is -2.24. The minimum atomic E-state index is -0.809. The van der Waals surface area contributed by atoms with Crippen molar-refractivity contribution in [2.75, 3.05) is 47.6 Å². The molecule has 9 heteroatoms. The first-order valence-electron chi connectivity index (χ1n) is 10.7. The summed E-state index contributed by atoms with van der Waals surface area (Å²) >= 11 is 0. The Morgan fingerprint density at radius 1 is 0.970 bits per heavy atom. The molecule has 0 aliphatic heterocycles. The SMILES string of the molecule is CCOCCCNC(=NCc1ccc(OC)cc1)NCC(O)c1cc(OC)ccc1OC.I. The summed E-state index contributed by atoms with van der Waals surface area (Å²) < 4.78 is 21.3. The molecule has 0 bridgehead atoms. The van der Waals surface area contributed by atoms with E-state index in [1.165, 1.54) is 0 Å². The van der Waals surface area contributed by atoms with Gasteiger partial charge >= 0.3 is 0 Å². The number of rotatable bonds is 13. The lowest BCUT2D eigenvalue weighted by Crippen LogP contribution is -2.40. The van der Waals surface area contributed by atoms with Crippen LogP contribution >= 0.6 is 24.0 Å². The third-order valence-electron chi connectivity index (χ3n) is 4.80. The molecule has 1 atom stereocenters. The van der Waals surface area contributed by atoms with Crippen molar-refractivity contribution in [3.63, 3.8) is 0 Å². The molecule has 8 nitrogen and oxygen atoms in total. The molecule has 3 N–H and O–H groups in total. The summed E-state index contributed by atoms with van der Waals surface area (Å²) in [6.07, 6.45) is 0.0417. The van der Waals surface area contributed by atoms with Crippen molar-refractivity contribution in [1.82, 2.24) is 10.6 Å². The first-order valence-corrected chi connectivity index (χ1v) is 10.7. The number of methoxy groups -OCH3 is 3. The van der Waals surface area contributed by atoms with Crippen molar-refractivity contribution in [3.8, 4) is 17.2 Å². The number of benzene rings is 2. The smallest absolute Gasteiger partial charge is 0.191 e. The normalized spacial score (nSPS) is 11.8. The highest BCUT2D eigenvalue weighted by Crippen LogP contribution is 2.29. The predicted molar refractivity (Wildman–Crippen MR) is 141 cm³/mol. The van der Waals surface area contributed by atoms with Crippen LogP contribution in [0.2, 0.25) is 0 Å². The highest BCUT2D eigenvalue weighted by Gasteiger charge is 2.15. The van der Waals surface area contributed by atoms with Crippen molar-refractivity contribution >= 4 is 29.9 Å². The van der Waals surface area contributed by atoms with E-state index in [1.807, 2.05) is 31.2 Å². The van der Waals surface area contributed by atoms with Gasteiger partial charge in [0.25, 0.3) is 0 Å². The van der Waals surface area contributed by atoms with E-state index >= 15 is 0 Å². The van der Waals surface area contributed by atoms with E-state index in [9.17, 15) is 5.11 Å². The number of guanidine groups is 1. The zero-order valence-corrected chi connectivity index (χ0v) is 22.1. The van der Waals surface area contributed by atoms with Crippen LogP contribution in [0.4, 0.5) is 0 Å². The maximum Gasteiger partial charge on any atom is 0.191 e. The molecule has 0 saturated carbocycles. The Labute approximate surface area is 213 Å². The third-order valence-corrected chi connectivity index (χ3v) is 4.80. The Balaban J connectivity index is 0.00000544. The van der Waals surface area contributed by atoms with E-state index < -0.39 is 6.10 Å². The maximum absolute atomic E-state index is 10.8. The zero-order valence-electron chi connectivity index (χ0n) is 19.8. The quantitative estimate of drug-likeness (QED) is 0.146. The lowest BCUT2D eigenvalue weighted by Gasteiger charge is -2.18. The molecule has 184 valence electrons. The largest absolute Gasteiger partial charge is 0.497 e. The lowest BCUT2D eigenvalue weighted by atomic mass is 10.1. The summed E-state index contributed by atoms with van der Waals surface area (Å²) in [4.78, 5) is 4.65. The van der Waals surface area contributed by atoms with E-state index in [1.54, 1.807) is 39.5 Å². The second-order valence-corrected chi connectivity index (χ2v) is 6.99. The summed E-state index contributed by atoms with van der Waals surface area (Å²) in [6, 6.07) is 13.1. The second kappa shape index (κ2) is 16.4. The lowest BCUT2D eigenvalue weighted by molar-refractivity contribution is 0.145. The topological polar surface area (TPSA) is 93.6 Å². The molecule has 33 heavy (non-hydrogen) atoms. The Bertz CT molecular complexity index is 833. The maximum atomic E-state index is 10.8. The van der Waals surface area contributed by atoms with Crippen LogP contribution in [0.5, 0.6) is 17.2 Å². The van der Waals surface area contributed by atoms with Gasteiger partial charge in [-0.25, -0.2) is 4.99 Å². The molecule has 2 aromatic carbocycles. The van der Waals surface area contributed by atoms with Gasteiger partial charge in [-0.1, -0.05) is 12.1 Å². The van der Waals surface area contributed by atoms with Gasteiger partial charge in [0.1, 0.15) is 17.2 Å². The van der Waals surface area contributed by atoms with E-state index in [4.69, 9.17) is 18.9 Å². The van der Waals surface area contributed by atoms with Gasteiger partial charge in [0.2, 0.25) is 0 Å². The van der Waals surface area contributed by atoms with Crippen molar-refractivity contribution in [3.05, 3.63) is 53.6 Å². The van der Waals surface area contributed by atoms with Gasteiger partial charge in [0.05, 0.1) is 34.0 Å². The first-order chi connectivity index (χ1) is 15.6. The van der Waals surface area contributed by atoms with Crippen LogP contribution in [0.1, 0.15) is 30.6 Å². The summed E-state index contributed by atoms with van der Waals surface area (Å²) in [7, 11) is 4.81. The van der Waals surface area contributed by atoms with Gasteiger partial charge in [0.15, 0.2) is 5.96 Å². The third kappa shape index (κ3) is 10.1. The minimum Gasteiger partial charge on any atom is -0.497 e. The summed E-state index contributed by atoms with van der Waals surface area (Å²) in [5.74, 6) is 2.67. The molecule has 0 heterocycles. The number of ether oxygens (including phenoxy) is 4. The fourth-order valence-corrected chi connectivity index (χ4v) is 3.00. The van der Waals surface area contributed by atoms with Gasteiger partial charge in [-0.2, -0.15) is 0 Å². The van der Waals surface area contributed by atoms with Crippen LogP contribution in [0.3, 0.4) is 0 Å². The number of hydrogen-bond acceptors (Lipinski definition) is 6. The number of nitrogens with zero attached hydrogens (tertiary/aromatic N) is 1. The standard InChI is InChI=1S/C24H35N3O5.HI/c1-5-32-14-6-13-25-24(26-16-18-7-9-19(29-2)10-8-18)27-17-22(28)21-15-20(30-3)11-12-23(21)31-4;/h7-12,15,22,28H,5-6,13-14,16-17H2,1-4H3,(H2,25,26,27);1H. The zero-order chi connectivity index (χ0) is 23.2. The summed E-state index contributed by atoms with van der Waals surface area (Å²) in [5.41, 5.74) is 1.70.